The zero-order valence-corrected chi connectivity index (χ0v) is 13.1. The molecular formula is C18H28N2O. The number of nitrogens with one attached hydrogen (secondary N) is 1. The van der Waals surface area contributed by atoms with E-state index in [0.717, 1.165) is 31.6 Å². The highest BCUT2D eigenvalue weighted by molar-refractivity contribution is 5.76. The lowest BCUT2D eigenvalue weighted by molar-refractivity contribution is -0.123. The minimum atomic E-state index is -0.143. The Hall–Kier alpha value is -1.35. The number of hydrogen-bond donors (Lipinski definition) is 2. The number of hydrogen-bond acceptors (Lipinski definition) is 2. The van der Waals surface area contributed by atoms with E-state index in [9.17, 15) is 4.79 Å². The van der Waals surface area contributed by atoms with Gasteiger partial charge in [-0.1, -0.05) is 37.3 Å². The van der Waals surface area contributed by atoms with E-state index in [1.54, 1.807) is 0 Å². The van der Waals surface area contributed by atoms with Crippen LogP contribution in [-0.4, -0.2) is 18.0 Å². The van der Waals surface area contributed by atoms with E-state index in [-0.39, 0.29) is 11.4 Å². The van der Waals surface area contributed by atoms with E-state index in [2.05, 4.69) is 24.4 Å². The molecular weight excluding hydrogens is 260 g/mol. The SMILES string of the molecule is CC1CCC(CN)(NC(=O)CCCc2ccccc2)CC1. The quantitative estimate of drug-likeness (QED) is 0.845. The monoisotopic (exact) mass is 288 g/mol. The van der Waals surface area contributed by atoms with Crippen LogP contribution in [0.25, 0.3) is 0 Å². The van der Waals surface area contributed by atoms with Gasteiger partial charge in [0.1, 0.15) is 0 Å². The molecule has 0 bridgehead atoms. The van der Waals surface area contributed by atoms with Crippen molar-refractivity contribution in [2.45, 2.75) is 57.4 Å². The maximum absolute atomic E-state index is 12.2. The van der Waals surface area contributed by atoms with Crippen LogP contribution in [0.5, 0.6) is 0 Å². The van der Waals surface area contributed by atoms with Gasteiger partial charge in [0, 0.05) is 13.0 Å². The third kappa shape index (κ3) is 4.85. The molecule has 1 aromatic carbocycles. The summed E-state index contributed by atoms with van der Waals surface area (Å²) in [5.41, 5.74) is 7.09. The van der Waals surface area contributed by atoms with Gasteiger partial charge in [0.15, 0.2) is 0 Å². The van der Waals surface area contributed by atoms with Gasteiger partial charge in [-0.2, -0.15) is 0 Å². The smallest absolute Gasteiger partial charge is 0.220 e. The Labute approximate surface area is 128 Å². The van der Waals surface area contributed by atoms with Gasteiger partial charge in [0.05, 0.1) is 5.54 Å². The van der Waals surface area contributed by atoms with E-state index in [4.69, 9.17) is 5.73 Å². The predicted octanol–water partition coefficient (Wildman–Crippen LogP) is 3.03. The van der Waals surface area contributed by atoms with Gasteiger partial charge in [-0.15, -0.1) is 0 Å². The molecule has 3 heteroatoms. The van der Waals surface area contributed by atoms with Crippen molar-refractivity contribution in [2.75, 3.05) is 6.54 Å². The van der Waals surface area contributed by atoms with Gasteiger partial charge in [-0.05, 0) is 50.0 Å². The van der Waals surface area contributed by atoms with Crippen molar-refractivity contribution in [1.82, 2.24) is 5.32 Å². The number of carbonyl (C=O) groups excluding carboxylic acids is 1. The summed E-state index contributed by atoms with van der Waals surface area (Å²) in [5.74, 6) is 0.922. The lowest BCUT2D eigenvalue weighted by Gasteiger charge is -2.39. The zero-order valence-electron chi connectivity index (χ0n) is 13.1. The van der Waals surface area contributed by atoms with Crippen molar-refractivity contribution >= 4 is 5.91 Å². The van der Waals surface area contributed by atoms with E-state index in [1.807, 2.05) is 18.2 Å². The van der Waals surface area contributed by atoms with Gasteiger partial charge in [-0.3, -0.25) is 4.79 Å². The first-order valence-corrected chi connectivity index (χ1v) is 8.18. The average molecular weight is 288 g/mol. The molecule has 1 aromatic rings. The van der Waals surface area contributed by atoms with Gasteiger partial charge in [-0.25, -0.2) is 0 Å². The van der Waals surface area contributed by atoms with Crippen LogP contribution in [0.15, 0.2) is 30.3 Å². The molecule has 1 aliphatic rings. The number of benzene rings is 1. The summed E-state index contributed by atoms with van der Waals surface area (Å²) in [7, 11) is 0. The Morgan fingerprint density at radius 2 is 1.95 bits per heavy atom. The maximum Gasteiger partial charge on any atom is 0.220 e. The summed E-state index contributed by atoms with van der Waals surface area (Å²) in [6.45, 7) is 2.84. The van der Waals surface area contributed by atoms with Crippen molar-refractivity contribution in [3.05, 3.63) is 35.9 Å². The fourth-order valence-electron chi connectivity index (χ4n) is 3.15. The molecule has 2 rings (SSSR count). The highest BCUT2D eigenvalue weighted by Gasteiger charge is 2.33. The Morgan fingerprint density at radius 1 is 1.29 bits per heavy atom. The third-order valence-electron chi connectivity index (χ3n) is 4.74. The molecule has 0 spiro atoms. The topological polar surface area (TPSA) is 55.1 Å². The third-order valence-corrected chi connectivity index (χ3v) is 4.74. The van der Waals surface area contributed by atoms with Crippen molar-refractivity contribution in [2.24, 2.45) is 11.7 Å². The minimum absolute atomic E-state index is 0.143. The average Bonchev–Trinajstić information content (AvgIpc) is 2.51. The largest absolute Gasteiger partial charge is 0.349 e. The van der Waals surface area contributed by atoms with E-state index >= 15 is 0 Å². The second-order valence-corrected chi connectivity index (χ2v) is 6.55. The Bertz CT molecular complexity index is 436. The number of rotatable bonds is 6. The summed E-state index contributed by atoms with van der Waals surface area (Å²) in [6.07, 6.45) is 6.83. The van der Waals surface area contributed by atoms with Crippen LogP contribution in [0.4, 0.5) is 0 Å². The molecule has 0 unspecified atom stereocenters. The van der Waals surface area contributed by atoms with Crippen LogP contribution < -0.4 is 11.1 Å². The molecule has 0 atom stereocenters. The van der Waals surface area contributed by atoms with Crippen molar-refractivity contribution in [3.63, 3.8) is 0 Å². The first kappa shape index (κ1) is 16.0. The maximum atomic E-state index is 12.2. The van der Waals surface area contributed by atoms with Crippen LogP contribution in [0.1, 0.15) is 51.0 Å². The molecule has 0 saturated heterocycles. The highest BCUT2D eigenvalue weighted by Crippen LogP contribution is 2.31. The standard InChI is InChI=1S/C18H28N2O/c1-15-10-12-18(14-19,13-11-15)20-17(21)9-5-8-16-6-3-2-4-7-16/h2-4,6-7,15H,5,8-14,19H2,1H3,(H,20,21). The first-order chi connectivity index (χ1) is 10.1. The lowest BCUT2D eigenvalue weighted by atomic mass is 9.77. The molecule has 21 heavy (non-hydrogen) atoms. The van der Waals surface area contributed by atoms with Crippen molar-refractivity contribution in [3.8, 4) is 0 Å². The fraction of sp³-hybridized carbons (Fsp3) is 0.611. The second-order valence-electron chi connectivity index (χ2n) is 6.55. The van der Waals surface area contributed by atoms with Crippen LogP contribution in [-0.2, 0) is 11.2 Å². The normalized spacial score (nSPS) is 25.5. The number of amides is 1. The van der Waals surface area contributed by atoms with Crippen LogP contribution in [0.2, 0.25) is 0 Å². The summed E-state index contributed by atoms with van der Waals surface area (Å²) in [5, 5.41) is 3.22. The molecule has 0 aromatic heterocycles. The molecule has 1 fully saturated rings. The molecule has 0 radical (unpaired) electrons. The van der Waals surface area contributed by atoms with Gasteiger partial charge >= 0.3 is 0 Å². The van der Waals surface area contributed by atoms with Crippen molar-refractivity contribution in [1.29, 1.82) is 0 Å². The summed E-state index contributed by atoms with van der Waals surface area (Å²) < 4.78 is 0. The molecule has 0 aliphatic heterocycles. The zero-order chi connectivity index (χ0) is 15.1. The molecule has 3 N–H and O–H groups in total. The fourth-order valence-corrected chi connectivity index (χ4v) is 3.15. The van der Waals surface area contributed by atoms with Crippen LogP contribution >= 0.6 is 0 Å². The molecule has 0 heterocycles. The molecule has 3 nitrogen and oxygen atoms in total. The molecule has 1 amide bonds. The molecule has 1 aliphatic carbocycles. The summed E-state index contributed by atoms with van der Waals surface area (Å²) >= 11 is 0. The lowest BCUT2D eigenvalue weighted by Crippen LogP contribution is -2.55. The van der Waals surface area contributed by atoms with Crippen molar-refractivity contribution < 1.29 is 4.79 Å². The first-order valence-electron chi connectivity index (χ1n) is 8.18. The Kier molecular flexibility index (Phi) is 5.80. The van der Waals surface area contributed by atoms with E-state index in [0.29, 0.717) is 13.0 Å². The molecule has 116 valence electrons. The predicted molar refractivity (Wildman–Crippen MR) is 86.9 cm³/mol. The van der Waals surface area contributed by atoms with Crippen LogP contribution in [0.3, 0.4) is 0 Å². The minimum Gasteiger partial charge on any atom is -0.349 e. The highest BCUT2D eigenvalue weighted by atomic mass is 16.1. The number of nitrogens with two attached hydrogens (primary N) is 1. The Balaban J connectivity index is 1.75. The van der Waals surface area contributed by atoms with Gasteiger partial charge in [0.2, 0.25) is 5.91 Å². The summed E-state index contributed by atoms with van der Waals surface area (Å²) in [4.78, 5) is 12.2. The number of aryl methyl sites for hydroxylation is 1. The number of carbonyl (C=O) groups is 1. The van der Waals surface area contributed by atoms with Crippen LogP contribution in [0, 0.1) is 5.92 Å². The summed E-state index contributed by atoms with van der Waals surface area (Å²) in [6, 6.07) is 10.3. The van der Waals surface area contributed by atoms with E-state index in [1.165, 1.54) is 18.4 Å². The molecule has 1 saturated carbocycles. The van der Waals surface area contributed by atoms with E-state index < -0.39 is 0 Å². The Morgan fingerprint density at radius 3 is 2.57 bits per heavy atom. The van der Waals surface area contributed by atoms with Gasteiger partial charge < -0.3 is 11.1 Å². The van der Waals surface area contributed by atoms with Gasteiger partial charge in [0.25, 0.3) is 0 Å². The second kappa shape index (κ2) is 7.60.